The Kier molecular flexibility index (Phi) is 4.09. The highest BCUT2D eigenvalue weighted by Crippen LogP contribution is 2.37. The van der Waals surface area contributed by atoms with E-state index in [1.54, 1.807) is 6.92 Å². The lowest BCUT2D eigenvalue weighted by atomic mass is 10.1. The molecule has 1 nitrogen and oxygen atoms in total. The van der Waals surface area contributed by atoms with Gasteiger partial charge in [-0.05, 0) is 6.92 Å². The lowest BCUT2D eigenvalue weighted by molar-refractivity contribution is 0.247. The van der Waals surface area contributed by atoms with Crippen LogP contribution in [0.1, 0.15) is 13.3 Å². The highest BCUT2D eigenvalue weighted by Gasteiger charge is 2.32. The second kappa shape index (κ2) is 3.68. The summed E-state index contributed by atoms with van der Waals surface area (Å²) in [6.07, 6.45) is 0.128. The van der Waals surface area contributed by atoms with Gasteiger partial charge in [-0.1, -0.05) is 34.8 Å². The predicted octanol–water partition coefficient (Wildman–Crippen LogP) is 2.74. The van der Waals surface area contributed by atoms with Crippen LogP contribution in [0.5, 0.6) is 0 Å². The molecule has 0 rings (SSSR count). The Morgan fingerprint density at radius 2 is 1.60 bits per heavy atom. The van der Waals surface area contributed by atoms with Crippen molar-refractivity contribution >= 4 is 46.4 Å². The lowest BCUT2D eigenvalue weighted by Gasteiger charge is -2.23. The van der Waals surface area contributed by atoms with E-state index in [1.165, 1.54) is 0 Å². The molecular weight excluding hydrogens is 218 g/mol. The minimum atomic E-state index is -1.39. The third-order valence-corrected chi connectivity index (χ3v) is 1.55. The first-order valence-corrected chi connectivity index (χ1v) is 4.14. The van der Waals surface area contributed by atoms with Gasteiger partial charge in [0.25, 0.3) is 0 Å². The van der Waals surface area contributed by atoms with Crippen LogP contribution in [0.2, 0.25) is 0 Å². The third kappa shape index (κ3) is 5.87. The van der Waals surface area contributed by atoms with Crippen LogP contribution < -0.4 is 0 Å². The maximum absolute atomic E-state index is 8.65. The average molecular weight is 226 g/mol. The predicted molar refractivity (Wildman–Crippen MR) is 46.3 cm³/mol. The largest absolute Gasteiger partial charge is 0.395 e. The van der Waals surface area contributed by atoms with Gasteiger partial charge in [-0.15, -0.1) is 11.6 Å². The summed E-state index contributed by atoms with van der Waals surface area (Å²) in [5.74, 6) is 0. The summed E-state index contributed by atoms with van der Waals surface area (Å²) in [6, 6.07) is 0. The molecule has 62 valence electrons. The zero-order valence-electron chi connectivity index (χ0n) is 5.37. The zero-order chi connectivity index (χ0) is 8.41. The summed E-state index contributed by atoms with van der Waals surface area (Å²) in [4.78, 5) is -0.842. The number of rotatable bonds is 2. The van der Waals surface area contributed by atoms with Crippen LogP contribution in [0.3, 0.4) is 0 Å². The molecule has 0 fully saturated rings. The molecule has 0 saturated carbocycles. The number of aliphatic hydroxyl groups is 1. The number of halogens is 4. The van der Waals surface area contributed by atoms with E-state index in [0.29, 0.717) is 0 Å². The van der Waals surface area contributed by atoms with Crippen molar-refractivity contribution in [2.24, 2.45) is 0 Å². The summed E-state index contributed by atoms with van der Waals surface area (Å²) in [6.45, 7) is 1.40. The van der Waals surface area contributed by atoms with E-state index in [0.717, 1.165) is 0 Å². The first-order chi connectivity index (χ1) is 4.27. The van der Waals surface area contributed by atoms with Crippen molar-refractivity contribution in [3.63, 3.8) is 0 Å². The van der Waals surface area contributed by atoms with Gasteiger partial charge in [0.1, 0.15) is 0 Å². The summed E-state index contributed by atoms with van der Waals surface area (Å²) in [7, 11) is 0. The highest BCUT2D eigenvalue weighted by molar-refractivity contribution is 6.67. The monoisotopic (exact) mass is 224 g/mol. The molecule has 1 N–H and O–H groups in total. The van der Waals surface area contributed by atoms with Crippen LogP contribution in [0.4, 0.5) is 0 Å². The lowest BCUT2D eigenvalue weighted by Crippen LogP contribution is -2.27. The van der Waals surface area contributed by atoms with Crippen LogP contribution >= 0.6 is 46.4 Å². The van der Waals surface area contributed by atoms with Crippen LogP contribution in [0, 0.1) is 0 Å². The molecule has 0 aromatic heterocycles. The van der Waals surface area contributed by atoms with Crippen LogP contribution in [-0.2, 0) is 0 Å². The number of hydrogen-bond acceptors (Lipinski definition) is 1. The summed E-state index contributed by atoms with van der Waals surface area (Å²) >= 11 is 22.0. The molecule has 0 heterocycles. The van der Waals surface area contributed by atoms with E-state index in [-0.39, 0.29) is 13.0 Å². The molecule has 0 aromatic rings. The van der Waals surface area contributed by atoms with Crippen LogP contribution in [0.25, 0.3) is 0 Å². The Morgan fingerprint density at radius 3 is 1.70 bits per heavy atom. The summed E-state index contributed by atoms with van der Waals surface area (Å²) < 4.78 is -1.39. The molecule has 0 spiro atoms. The van der Waals surface area contributed by atoms with Gasteiger partial charge in [-0.3, -0.25) is 0 Å². The standard InChI is InChI=1S/C5H8Cl4O/c1-4(6,3-10)2-5(7,8)9/h10H,2-3H2,1H3. The molecule has 0 aliphatic carbocycles. The molecule has 10 heavy (non-hydrogen) atoms. The molecule has 1 atom stereocenters. The normalized spacial score (nSPS) is 18.6. The van der Waals surface area contributed by atoms with Gasteiger partial charge in [-0.2, -0.15) is 0 Å². The maximum Gasteiger partial charge on any atom is 0.192 e. The molecule has 0 bridgehead atoms. The fourth-order valence-corrected chi connectivity index (χ4v) is 1.76. The van der Waals surface area contributed by atoms with Crippen LogP contribution in [-0.4, -0.2) is 20.4 Å². The van der Waals surface area contributed by atoms with Gasteiger partial charge in [0.05, 0.1) is 11.5 Å². The Labute approximate surface area is 80.2 Å². The highest BCUT2D eigenvalue weighted by atomic mass is 35.6. The van der Waals surface area contributed by atoms with Crippen molar-refractivity contribution < 1.29 is 5.11 Å². The van der Waals surface area contributed by atoms with Gasteiger partial charge < -0.3 is 5.11 Å². The Balaban J connectivity index is 3.89. The number of hydrogen-bond donors (Lipinski definition) is 1. The first kappa shape index (κ1) is 11.1. The smallest absolute Gasteiger partial charge is 0.192 e. The minimum Gasteiger partial charge on any atom is -0.395 e. The number of alkyl halides is 4. The molecule has 5 heteroatoms. The van der Waals surface area contributed by atoms with E-state index >= 15 is 0 Å². The fraction of sp³-hybridized carbons (Fsp3) is 1.00. The fourth-order valence-electron chi connectivity index (χ4n) is 0.474. The van der Waals surface area contributed by atoms with Crippen molar-refractivity contribution in [2.45, 2.75) is 22.0 Å². The Morgan fingerprint density at radius 1 is 1.20 bits per heavy atom. The molecular formula is C5H8Cl4O. The van der Waals surface area contributed by atoms with Gasteiger partial charge in [-0.25, -0.2) is 0 Å². The van der Waals surface area contributed by atoms with Crippen molar-refractivity contribution in [1.29, 1.82) is 0 Å². The second-order valence-electron chi connectivity index (χ2n) is 2.36. The molecule has 1 unspecified atom stereocenters. The summed E-state index contributed by atoms with van der Waals surface area (Å²) in [5.41, 5.74) is 0. The molecule has 0 aromatic carbocycles. The van der Waals surface area contributed by atoms with Crippen molar-refractivity contribution in [3.8, 4) is 0 Å². The second-order valence-corrected chi connectivity index (χ2v) is 5.79. The molecule has 0 amide bonds. The third-order valence-electron chi connectivity index (χ3n) is 0.899. The van der Waals surface area contributed by atoms with Gasteiger partial charge in [0.15, 0.2) is 3.79 Å². The van der Waals surface area contributed by atoms with Crippen molar-refractivity contribution in [2.75, 3.05) is 6.61 Å². The van der Waals surface area contributed by atoms with Gasteiger partial charge in [0, 0.05) is 6.42 Å². The van der Waals surface area contributed by atoms with E-state index in [1.807, 2.05) is 0 Å². The maximum atomic E-state index is 8.65. The molecule has 0 radical (unpaired) electrons. The molecule has 0 aliphatic rings. The summed E-state index contributed by atoms with van der Waals surface area (Å²) in [5, 5.41) is 8.65. The van der Waals surface area contributed by atoms with Crippen LogP contribution in [0.15, 0.2) is 0 Å². The quantitative estimate of drug-likeness (QED) is 0.717. The van der Waals surface area contributed by atoms with Gasteiger partial charge in [0.2, 0.25) is 0 Å². The van der Waals surface area contributed by atoms with Crippen molar-refractivity contribution in [3.05, 3.63) is 0 Å². The van der Waals surface area contributed by atoms with E-state index in [2.05, 4.69) is 0 Å². The number of aliphatic hydroxyl groups excluding tert-OH is 1. The SMILES string of the molecule is CC(Cl)(CO)CC(Cl)(Cl)Cl. The molecule has 0 saturated heterocycles. The molecule has 0 aliphatic heterocycles. The average Bonchev–Trinajstić information content (AvgIpc) is 1.60. The topological polar surface area (TPSA) is 20.2 Å². The Bertz CT molecular complexity index is 107. The van der Waals surface area contributed by atoms with E-state index in [9.17, 15) is 0 Å². The zero-order valence-corrected chi connectivity index (χ0v) is 8.40. The van der Waals surface area contributed by atoms with E-state index < -0.39 is 8.67 Å². The van der Waals surface area contributed by atoms with Crippen molar-refractivity contribution in [1.82, 2.24) is 0 Å². The Hall–Kier alpha value is 1.12. The van der Waals surface area contributed by atoms with Gasteiger partial charge >= 0.3 is 0 Å². The minimum absolute atomic E-state index is 0.128. The first-order valence-electron chi connectivity index (χ1n) is 2.63. The van der Waals surface area contributed by atoms with E-state index in [4.69, 9.17) is 51.5 Å².